The van der Waals surface area contributed by atoms with Gasteiger partial charge in [-0.15, -0.1) is 0 Å². The number of hydrogen-bond donors (Lipinski definition) is 3. The van der Waals surface area contributed by atoms with E-state index in [1.807, 2.05) is 24.3 Å². The monoisotopic (exact) mass is 326 g/mol. The number of nitrogens with two attached hydrogens (primary N) is 1. The second-order valence-corrected chi connectivity index (χ2v) is 8.30. The van der Waals surface area contributed by atoms with Crippen LogP contribution in [0, 0.1) is 5.41 Å². The van der Waals surface area contributed by atoms with Crippen molar-refractivity contribution in [3.63, 3.8) is 0 Å². The van der Waals surface area contributed by atoms with Gasteiger partial charge in [0.1, 0.15) is 4.99 Å². The average molecular weight is 327 g/mol. The molecule has 0 spiro atoms. The van der Waals surface area contributed by atoms with E-state index in [-0.39, 0.29) is 12.0 Å². The Morgan fingerprint density at radius 2 is 1.90 bits per heavy atom. The molecule has 0 amide bonds. The lowest BCUT2D eigenvalue weighted by atomic mass is 9.90. The van der Waals surface area contributed by atoms with Crippen molar-refractivity contribution in [2.75, 3.05) is 6.61 Å². The second-order valence-electron chi connectivity index (χ2n) is 6.44. The smallest absolute Gasteiger partial charge is 0.140 e. The van der Waals surface area contributed by atoms with E-state index in [9.17, 15) is 5.11 Å². The maximum absolute atomic E-state index is 9.22. The molecule has 2 rings (SSSR count). The zero-order valence-electron chi connectivity index (χ0n) is 12.7. The fraction of sp³-hybridized carbons (Fsp3) is 0.500. The van der Waals surface area contributed by atoms with Crippen molar-refractivity contribution < 1.29 is 5.11 Å². The average Bonchev–Trinajstić information content (AvgIpc) is 2.70. The van der Waals surface area contributed by atoms with Gasteiger partial charge in [-0.3, -0.25) is 5.73 Å². The number of thioether (sulfide) groups is 1. The highest BCUT2D eigenvalue weighted by Gasteiger charge is 2.39. The van der Waals surface area contributed by atoms with Crippen LogP contribution in [0.1, 0.15) is 32.8 Å². The first-order valence-electron chi connectivity index (χ1n) is 7.08. The van der Waals surface area contributed by atoms with Crippen molar-refractivity contribution >= 4 is 23.4 Å². The van der Waals surface area contributed by atoms with Crippen LogP contribution in [0.4, 0.5) is 0 Å². The van der Waals surface area contributed by atoms with Crippen LogP contribution < -0.4 is 11.1 Å². The van der Waals surface area contributed by atoms with Crippen molar-refractivity contribution in [3.05, 3.63) is 45.5 Å². The molecule has 0 radical (unpaired) electrons. The fourth-order valence-corrected chi connectivity index (χ4v) is 3.99. The van der Waals surface area contributed by atoms with Crippen LogP contribution in [0.15, 0.2) is 34.9 Å². The number of aliphatic hydroxyl groups is 1. The molecule has 21 heavy (non-hydrogen) atoms. The summed E-state index contributed by atoms with van der Waals surface area (Å²) in [5.41, 5.74) is 8.72. The zero-order chi connectivity index (χ0) is 15.7. The Morgan fingerprint density at radius 3 is 2.43 bits per heavy atom. The molecule has 1 aliphatic rings. The number of rotatable bonds is 4. The van der Waals surface area contributed by atoms with Gasteiger partial charge in [0, 0.05) is 40.5 Å². The highest BCUT2D eigenvalue weighted by molar-refractivity contribution is 8.04. The van der Waals surface area contributed by atoms with Crippen LogP contribution in [0.2, 0.25) is 5.02 Å². The van der Waals surface area contributed by atoms with Gasteiger partial charge >= 0.3 is 0 Å². The van der Waals surface area contributed by atoms with Gasteiger partial charge in [0.15, 0.2) is 0 Å². The Labute approximate surface area is 135 Å². The van der Waals surface area contributed by atoms with Crippen molar-refractivity contribution in [1.29, 1.82) is 0 Å². The molecule has 1 aromatic rings. The van der Waals surface area contributed by atoms with Crippen LogP contribution in [-0.4, -0.2) is 16.7 Å². The molecular formula is C16H23ClN2OS. The predicted molar refractivity (Wildman–Crippen MR) is 91.0 cm³/mol. The Morgan fingerprint density at radius 1 is 1.29 bits per heavy atom. The fourth-order valence-electron chi connectivity index (χ4n) is 2.38. The summed E-state index contributed by atoms with van der Waals surface area (Å²) in [6.45, 7) is 6.58. The topological polar surface area (TPSA) is 58.3 Å². The molecule has 3 nitrogen and oxygen atoms in total. The summed E-state index contributed by atoms with van der Waals surface area (Å²) in [4.78, 5) is 0.625. The number of allylic oxidation sites excluding steroid dienone is 2. The van der Waals surface area contributed by atoms with Gasteiger partial charge in [0.25, 0.3) is 0 Å². The first kappa shape index (κ1) is 16.7. The SMILES string of the molecule is CC(C)(C)C1=C(Cc2ccc(Cl)cc2)SC(N)(CCO)N1. The number of hydrogen-bond acceptors (Lipinski definition) is 4. The lowest BCUT2D eigenvalue weighted by Gasteiger charge is -2.28. The second kappa shape index (κ2) is 6.21. The molecule has 1 aliphatic heterocycles. The molecule has 0 saturated carbocycles. The summed E-state index contributed by atoms with van der Waals surface area (Å²) in [5, 5.41) is 13.4. The first-order valence-corrected chi connectivity index (χ1v) is 8.28. The molecule has 5 heteroatoms. The van der Waals surface area contributed by atoms with E-state index in [1.165, 1.54) is 16.2 Å². The van der Waals surface area contributed by atoms with Crippen LogP contribution in [0.3, 0.4) is 0 Å². The van der Waals surface area contributed by atoms with Gasteiger partial charge in [-0.25, -0.2) is 0 Å². The Balaban J connectivity index is 2.25. The highest BCUT2D eigenvalue weighted by atomic mass is 35.5. The van der Waals surface area contributed by atoms with Crippen molar-refractivity contribution in [2.24, 2.45) is 11.1 Å². The van der Waals surface area contributed by atoms with Gasteiger partial charge in [-0.1, -0.05) is 56.3 Å². The molecule has 0 aliphatic carbocycles. The predicted octanol–water partition coefficient (Wildman–Crippen LogP) is 3.47. The van der Waals surface area contributed by atoms with Crippen molar-refractivity contribution in [1.82, 2.24) is 5.32 Å². The van der Waals surface area contributed by atoms with Crippen LogP contribution in [-0.2, 0) is 6.42 Å². The molecule has 0 fully saturated rings. The summed E-state index contributed by atoms with van der Waals surface area (Å²) < 4.78 is 0. The largest absolute Gasteiger partial charge is 0.396 e. The Bertz CT molecular complexity index is 536. The Kier molecular flexibility index (Phi) is 4.93. The molecule has 1 atom stereocenters. The van der Waals surface area contributed by atoms with E-state index in [2.05, 4.69) is 26.1 Å². The number of benzene rings is 1. The molecule has 116 valence electrons. The lowest BCUT2D eigenvalue weighted by Crippen LogP contribution is -2.48. The molecule has 4 N–H and O–H groups in total. The molecule has 1 heterocycles. The third kappa shape index (κ3) is 4.16. The van der Waals surface area contributed by atoms with E-state index >= 15 is 0 Å². The zero-order valence-corrected chi connectivity index (χ0v) is 14.3. The summed E-state index contributed by atoms with van der Waals surface area (Å²) in [7, 11) is 0. The van der Waals surface area contributed by atoms with E-state index in [4.69, 9.17) is 17.3 Å². The quantitative estimate of drug-likeness (QED) is 0.793. The summed E-state index contributed by atoms with van der Waals surface area (Å²) in [5.74, 6) is 0. The van der Waals surface area contributed by atoms with Crippen LogP contribution in [0.25, 0.3) is 0 Å². The summed E-state index contributed by atoms with van der Waals surface area (Å²) >= 11 is 7.56. The van der Waals surface area contributed by atoms with E-state index < -0.39 is 4.99 Å². The molecule has 0 bridgehead atoms. The Hall–Kier alpha value is -0.680. The van der Waals surface area contributed by atoms with Gasteiger partial charge in [-0.2, -0.15) is 0 Å². The van der Waals surface area contributed by atoms with E-state index in [0.717, 1.165) is 11.4 Å². The van der Waals surface area contributed by atoms with Crippen molar-refractivity contribution in [2.45, 2.75) is 38.6 Å². The lowest BCUT2D eigenvalue weighted by molar-refractivity contribution is 0.258. The molecule has 0 saturated heterocycles. The standard InChI is InChI=1S/C16H23ClN2OS/c1-15(2,3)14-13(21-16(18,19-14)8-9-20)10-11-4-6-12(17)7-5-11/h4-7,19-20H,8-10,18H2,1-3H3. The van der Waals surface area contributed by atoms with Gasteiger partial charge in [-0.05, 0) is 17.7 Å². The first-order chi connectivity index (χ1) is 9.73. The molecule has 1 unspecified atom stereocenters. The maximum Gasteiger partial charge on any atom is 0.140 e. The van der Waals surface area contributed by atoms with Gasteiger partial charge in [0.2, 0.25) is 0 Å². The summed E-state index contributed by atoms with van der Waals surface area (Å²) in [6.07, 6.45) is 1.34. The normalized spacial score (nSPS) is 22.6. The van der Waals surface area contributed by atoms with Gasteiger partial charge in [0.05, 0.1) is 0 Å². The highest BCUT2D eigenvalue weighted by Crippen LogP contribution is 2.44. The van der Waals surface area contributed by atoms with E-state index in [1.54, 1.807) is 11.8 Å². The molecule has 0 aromatic heterocycles. The minimum absolute atomic E-state index is 0.00860. The number of nitrogens with one attached hydrogen (secondary N) is 1. The van der Waals surface area contributed by atoms with E-state index in [0.29, 0.717) is 6.42 Å². The number of aliphatic hydroxyl groups excluding tert-OH is 1. The maximum atomic E-state index is 9.22. The van der Waals surface area contributed by atoms with Crippen LogP contribution in [0.5, 0.6) is 0 Å². The van der Waals surface area contributed by atoms with Crippen molar-refractivity contribution in [3.8, 4) is 0 Å². The third-order valence-electron chi connectivity index (χ3n) is 3.43. The minimum atomic E-state index is -0.612. The minimum Gasteiger partial charge on any atom is -0.396 e. The van der Waals surface area contributed by atoms with Gasteiger partial charge < -0.3 is 10.4 Å². The summed E-state index contributed by atoms with van der Waals surface area (Å²) in [6, 6.07) is 7.90. The third-order valence-corrected chi connectivity index (χ3v) is 4.95. The molecular weight excluding hydrogens is 304 g/mol. The van der Waals surface area contributed by atoms with Crippen LogP contribution >= 0.6 is 23.4 Å². The number of halogens is 1. The molecule has 1 aromatic carbocycles.